The lowest BCUT2D eigenvalue weighted by atomic mass is 10.2. The van der Waals surface area contributed by atoms with Crippen LogP contribution < -0.4 is 5.32 Å². The maximum atomic E-state index is 12.4. The average molecular weight is 477 g/mol. The van der Waals surface area contributed by atoms with Gasteiger partial charge in [0.05, 0.1) is 0 Å². The maximum absolute atomic E-state index is 12.4. The van der Waals surface area contributed by atoms with Crippen molar-refractivity contribution in [2.24, 2.45) is 12.0 Å². The number of ether oxygens (including phenoxy) is 1. The zero-order chi connectivity index (χ0) is 17.6. The molecule has 1 aromatic rings. The highest BCUT2D eigenvalue weighted by molar-refractivity contribution is 14.0. The molecule has 1 amide bonds. The number of piperazine rings is 1. The molecule has 2 saturated heterocycles. The molecule has 0 aromatic carbocycles. The summed E-state index contributed by atoms with van der Waals surface area (Å²) in [5.41, 5.74) is 0. The Kier molecular flexibility index (Phi) is 8.07. The van der Waals surface area contributed by atoms with Crippen LogP contribution in [0.15, 0.2) is 11.3 Å². The molecule has 1 N–H and O–H groups in total. The number of hydrogen-bond acceptors (Lipinski definition) is 5. The van der Waals surface area contributed by atoms with E-state index in [9.17, 15) is 4.79 Å². The molecule has 0 bridgehead atoms. The van der Waals surface area contributed by atoms with Crippen molar-refractivity contribution in [2.75, 3.05) is 39.3 Å². The summed E-state index contributed by atoms with van der Waals surface area (Å²) in [4.78, 5) is 25.4. The summed E-state index contributed by atoms with van der Waals surface area (Å²) < 4.78 is 7.24. The molecule has 0 spiro atoms. The van der Waals surface area contributed by atoms with Crippen LogP contribution >= 0.6 is 24.0 Å². The van der Waals surface area contributed by atoms with E-state index < -0.39 is 0 Å². The van der Waals surface area contributed by atoms with Crippen molar-refractivity contribution in [1.29, 1.82) is 0 Å². The number of aromatic nitrogens is 3. The van der Waals surface area contributed by atoms with Gasteiger partial charge in [0.1, 0.15) is 24.8 Å². The Balaban J connectivity index is 0.00000243. The fraction of sp³-hybridized carbons (Fsp3) is 0.750. The van der Waals surface area contributed by atoms with Gasteiger partial charge in [-0.1, -0.05) is 0 Å². The molecule has 3 rings (SSSR count). The van der Waals surface area contributed by atoms with Gasteiger partial charge in [0.2, 0.25) is 0 Å². The Hall–Kier alpha value is -1.43. The summed E-state index contributed by atoms with van der Waals surface area (Å²) in [7, 11) is 1.86. The SMILES string of the molecule is CCNC(=NCc1ncnn1C)N1CCN(C(=O)C2CCCO2)CC1.I. The zero-order valence-corrected chi connectivity index (χ0v) is 17.8. The van der Waals surface area contributed by atoms with Gasteiger partial charge in [0.15, 0.2) is 5.96 Å². The van der Waals surface area contributed by atoms with Gasteiger partial charge >= 0.3 is 0 Å². The van der Waals surface area contributed by atoms with E-state index in [4.69, 9.17) is 4.74 Å². The first-order chi connectivity index (χ1) is 12.2. The third-order valence-corrected chi connectivity index (χ3v) is 4.61. The second-order valence-corrected chi connectivity index (χ2v) is 6.28. The third kappa shape index (κ3) is 5.06. The van der Waals surface area contributed by atoms with Crippen LogP contribution in [0.2, 0.25) is 0 Å². The molecule has 0 saturated carbocycles. The molecule has 146 valence electrons. The molecule has 2 aliphatic heterocycles. The van der Waals surface area contributed by atoms with Crippen LogP contribution in [0.25, 0.3) is 0 Å². The van der Waals surface area contributed by atoms with Crippen LogP contribution in [0.3, 0.4) is 0 Å². The number of aliphatic imine (C=N–C) groups is 1. The van der Waals surface area contributed by atoms with Crippen molar-refractivity contribution >= 4 is 35.8 Å². The minimum atomic E-state index is -0.232. The van der Waals surface area contributed by atoms with Crippen molar-refractivity contribution in [3.05, 3.63) is 12.2 Å². The number of rotatable bonds is 4. The predicted molar refractivity (Wildman–Crippen MR) is 108 cm³/mol. The molecule has 2 fully saturated rings. The predicted octanol–water partition coefficient (Wildman–Crippen LogP) is 0.222. The van der Waals surface area contributed by atoms with Crippen LogP contribution in [-0.2, 0) is 23.1 Å². The molecule has 1 unspecified atom stereocenters. The number of carbonyl (C=O) groups is 1. The molecule has 3 heterocycles. The van der Waals surface area contributed by atoms with Gasteiger partial charge in [0, 0.05) is 46.4 Å². The highest BCUT2D eigenvalue weighted by atomic mass is 127. The van der Waals surface area contributed by atoms with E-state index in [1.807, 2.05) is 11.9 Å². The van der Waals surface area contributed by atoms with Crippen molar-refractivity contribution in [3.8, 4) is 0 Å². The number of guanidine groups is 1. The van der Waals surface area contributed by atoms with Gasteiger partial charge in [-0.05, 0) is 19.8 Å². The first-order valence-corrected chi connectivity index (χ1v) is 8.95. The summed E-state index contributed by atoms with van der Waals surface area (Å²) in [6, 6.07) is 0. The lowest BCUT2D eigenvalue weighted by Crippen LogP contribution is -2.55. The van der Waals surface area contributed by atoms with Gasteiger partial charge in [-0.15, -0.1) is 24.0 Å². The van der Waals surface area contributed by atoms with Gasteiger partial charge < -0.3 is 19.9 Å². The maximum Gasteiger partial charge on any atom is 0.251 e. The lowest BCUT2D eigenvalue weighted by molar-refractivity contribution is -0.142. The highest BCUT2D eigenvalue weighted by Gasteiger charge is 2.30. The normalized spacial score (nSPS) is 20.8. The zero-order valence-electron chi connectivity index (χ0n) is 15.4. The topological polar surface area (TPSA) is 87.9 Å². The molecule has 1 aromatic heterocycles. The van der Waals surface area contributed by atoms with Crippen LogP contribution in [0.5, 0.6) is 0 Å². The minimum absolute atomic E-state index is 0. The number of amides is 1. The Morgan fingerprint density at radius 3 is 2.65 bits per heavy atom. The Morgan fingerprint density at radius 1 is 1.35 bits per heavy atom. The Morgan fingerprint density at radius 2 is 2.08 bits per heavy atom. The fourth-order valence-electron chi connectivity index (χ4n) is 3.15. The molecule has 2 aliphatic rings. The van der Waals surface area contributed by atoms with E-state index in [1.165, 1.54) is 6.33 Å². The summed E-state index contributed by atoms with van der Waals surface area (Å²) in [6.07, 6.45) is 3.13. The van der Waals surface area contributed by atoms with E-state index in [1.54, 1.807) is 4.68 Å². The third-order valence-electron chi connectivity index (χ3n) is 4.61. The van der Waals surface area contributed by atoms with Crippen LogP contribution in [-0.4, -0.2) is 81.9 Å². The quantitative estimate of drug-likeness (QED) is 0.380. The highest BCUT2D eigenvalue weighted by Crippen LogP contribution is 2.16. The minimum Gasteiger partial charge on any atom is -0.368 e. The molecule has 1 atom stereocenters. The van der Waals surface area contributed by atoms with E-state index in [-0.39, 0.29) is 36.0 Å². The van der Waals surface area contributed by atoms with Gasteiger partial charge in [-0.2, -0.15) is 5.10 Å². The molecular formula is C16H28IN7O2. The fourth-order valence-corrected chi connectivity index (χ4v) is 3.15. The number of aryl methyl sites for hydroxylation is 1. The molecule has 10 heteroatoms. The van der Waals surface area contributed by atoms with Crippen molar-refractivity contribution in [3.63, 3.8) is 0 Å². The number of carbonyl (C=O) groups excluding carboxylic acids is 1. The first kappa shape index (κ1) is 20.9. The van der Waals surface area contributed by atoms with Crippen LogP contribution in [0, 0.1) is 0 Å². The Bertz CT molecular complexity index is 607. The largest absolute Gasteiger partial charge is 0.368 e. The van der Waals surface area contributed by atoms with Crippen molar-refractivity contribution < 1.29 is 9.53 Å². The van der Waals surface area contributed by atoms with Gasteiger partial charge in [0.25, 0.3) is 5.91 Å². The summed E-state index contributed by atoms with van der Waals surface area (Å²) in [5, 5.41) is 7.39. The lowest BCUT2D eigenvalue weighted by Gasteiger charge is -2.37. The van der Waals surface area contributed by atoms with E-state index in [2.05, 4.69) is 32.2 Å². The Labute approximate surface area is 171 Å². The van der Waals surface area contributed by atoms with Gasteiger partial charge in [-0.25, -0.2) is 9.98 Å². The number of halogens is 1. The smallest absolute Gasteiger partial charge is 0.251 e. The summed E-state index contributed by atoms with van der Waals surface area (Å²) in [6.45, 7) is 6.97. The molecular weight excluding hydrogens is 449 g/mol. The monoisotopic (exact) mass is 477 g/mol. The second-order valence-electron chi connectivity index (χ2n) is 6.28. The second kappa shape index (κ2) is 10.0. The van der Waals surface area contributed by atoms with Crippen LogP contribution in [0.4, 0.5) is 0 Å². The number of nitrogens with zero attached hydrogens (tertiary/aromatic N) is 6. The van der Waals surface area contributed by atoms with E-state index >= 15 is 0 Å². The molecule has 26 heavy (non-hydrogen) atoms. The summed E-state index contributed by atoms with van der Waals surface area (Å²) in [5.74, 6) is 1.82. The molecule has 0 aliphatic carbocycles. The van der Waals surface area contributed by atoms with Crippen LogP contribution in [0.1, 0.15) is 25.6 Å². The van der Waals surface area contributed by atoms with Gasteiger partial charge in [-0.3, -0.25) is 9.48 Å². The van der Waals surface area contributed by atoms with Crippen molar-refractivity contribution in [2.45, 2.75) is 32.4 Å². The molecule has 9 nitrogen and oxygen atoms in total. The van der Waals surface area contributed by atoms with Crippen molar-refractivity contribution in [1.82, 2.24) is 29.9 Å². The average Bonchev–Trinajstić information content (AvgIpc) is 3.30. The van der Waals surface area contributed by atoms with E-state index in [0.717, 1.165) is 44.3 Å². The first-order valence-electron chi connectivity index (χ1n) is 8.95. The number of hydrogen-bond donors (Lipinski definition) is 1. The standard InChI is InChI=1S/C16H27N7O2.HI/c1-3-17-16(18-11-14-19-12-20-21(14)2)23-8-6-22(7-9-23)15(24)13-5-4-10-25-13;/h12-13H,3-11H2,1-2H3,(H,17,18);1H. The van der Waals surface area contributed by atoms with E-state index in [0.29, 0.717) is 26.2 Å². The summed E-state index contributed by atoms with van der Waals surface area (Å²) >= 11 is 0. The molecule has 0 radical (unpaired) electrons. The number of nitrogens with one attached hydrogen (secondary N) is 1.